The van der Waals surface area contributed by atoms with Gasteiger partial charge in [0.05, 0.1) is 5.01 Å². The van der Waals surface area contributed by atoms with Crippen LogP contribution in [0.2, 0.25) is 5.02 Å². The van der Waals surface area contributed by atoms with Crippen molar-refractivity contribution in [2.24, 2.45) is 4.99 Å². The van der Waals surface area contributed by atoms with E-state index in [4.69, 9.17) is 11.6 Å². The average molecular weight is 451 g/mol. The van der Waals surface area contributed by atoms with E-state index >= 15 is 0 Å². The molecule has 0 aliphatic rings. The fraction of sp³-hybridized carbons (Fsp3) is 0.333. The molecule has 0 fully saturated rings. The highest BCUT2D eigenvalue weighted by Crippen LogP contribution is 2.11. The fourth-order valence-electron chi connectivity index (χ4n) is 1.81. The van der Waals surface area contributed by atoms with Crippen molar-refractivity contribution in [3.8, 4) is 0 Å². The normalized spacial score (nSPS) is 11.0. The standard InChI is InChI=1S/C15H19ClN4S.HI/c1-11-9-19-14(21-11)7-8-18-15(17-2)20-10-12-3-5-13(16)6-4-12;/h3-6,9H,7-8,10H2,1-2H3,(H2,17,18,20);1H. The number of hydrogen-bond acceptors (Lipinski definition) is 3. The summed E-state index contributed by atoms with van der Waals surface area (Å²) in [6.07, 6.45) is 2.81. The zero-order chi connectivity index (χ0) is 15.1. The number of hydrogen-bond donors (Lipinski definition) is 2. The summed E-state index contributed by atoms with van der Waals surface area (Å²) in [5.41, 5.74) is 1.16. The Balaban J connectivity index is 0.00000242. The van der Waals surface area contributed by atoms with Gasteiger partial charge in [0.15, 0.2) is 5.96 Å². The minimum absolute atomic E-state index is 0. The Bertz CT molecular complexity index is 598. The van der Waals surface area contributed by atoms with E-state index in [9.17, 15) is 0 Å². The first-order chi connectivity index (χ1) is 10.2. The van der Waals surface area contributed by atoms with Crippen LogP contribution in [-0.2, 0) is 13.0 Å². The van der Waals surface area contributed by atoms with Crippen molar-refractivity contribution in [3.63, 3.8) is 0 Å². The van der Waals surface area contributed by atoms with E-state index in [0.29, 0.717) is 6.54 Å². The lowest BCUT2D eigenvalue weighted by Crippen LogP contribution is -2.37. The van der Waals surface area contributed by atoms with Crippen LogP contribution in [-0.4, -0.2) is 24.5 Å². The van der Waals surface area contributed by atoms with Crippen LogP contribution in [0.3, 0.4) is 0 Å². The maximum Gasteiger partial charge on any atom is 0.191 e. The van der Waals surface area contributed by atoms with E-state index in [0.717, 1.165) is 34.5 Å². The summed E-state index contributed by atoms with van der Waals surface area (Å²) in [5.74, 6) is 0.790. The van der Waals surface area contributed by atoms with Crippen LogP contribution in [0, 0.1) is 6.92 Å². The molecule has 0 radical (unpaired) electrons. The van der Waals surface area contributed by atoms with Crippen molar-refractivity contribution < 1.29 is 0 Å². The number of thiazole rings is 1. The lowest BCUT2D eigenvalue weighted by Gasteiger charge is -2.11. The number of nitrogens with one attached hydrogen (secondary N) is 2. The minimum Gasteiger partial charge on any atom is -0.356 e. The molecule has 22 heavy (non-hydrogen) atoms. The molecule has 0 bridgehead atoms. The topological polar surface area (TPSA) is 49.3 Å². The Morgan fingerprint density at radius 1 is 1.27 bits per heavy atom. The highest BCUT2D eigenvalue weighted by molar-refractivity contribution is 14.0. The number of nitrogens with zero attached hydrogens (tertiary/aromatic N) is 2. The molecular formula is C15H20ClIN4S. The van der Waals surface area contributed by atoms with Gasteiger partial charge in [-0.05, 0) is 24.6 Å². The molecule has 7 heteroatoms. The summed E-state index contributed by atoms with van der Waals surface area (Å²) >= 11 is 7.60. The first-order valence-electron chi connectivity index (χ1n) is 6.77. The maximum atomic E-state index is 5.87. The molecule has 2 N–H and O–H groups in total. The summed E-state index contributed by atoms with van der Waals surface area (Å²) in [4.78, 5) is 9.80. The van der Waals surface area contributed by atoms with Crippen molar-refractivity contribution in [2.75, 3.05) is 13.6 Å². The van der Waals surface area contributed by atoms with Crippen LogP contribution >= 0.6 is 46.9 Å². The summed E-state index contributed by atoms with van der Waals surface area (Å²) in [6, 6.07) is 7.78. The molecule has 1 heterocycles. The van der Waals surface area contributed by atoms with Crippen molar-refractivity contribution in [3.05, 3.63) is 50.9 Å². The Morgan fingerprint density at radius 3 is 2.59 bits per heavy atom. The number of guanidine groups is 1. The van der Waals surface area contributed by atoms with Crippen molar-refractivity contribution in [2.45, 2.75) is 19.9 Å². The zero-order valence-corrected chi connectivity index (χ0v) is 16.5. The zero-order valence-electron chi connectivity index (χ0n) is 12.6. The Morgan fingerprint density at radius 2 is 2.00 bits per heavy atom. The first-order valence-corrected chi connectivity index (χ1v) is 7.97. The summed E-state index contributed by atoms with van der Waals surface area (Å²) in [5, 5.41) is 8.46. The third kappa shape index (κ3) is 6.50. The number of benzene rings is 1. The average Bonchev–Trinajstić information content (AvgIpc) is 2.90. The molecule has 0 saturated carbocycles. The second kappa shape index (κ2) is 10.0. The quantitative estimate of drug-likeness (QED) is 0.415. The van der Waals surface area contributed by atoms with Crippen molar-refractivity contribution >= 4 is 52.9 Å². The van der Waals surface area contributed by atoms with Crippen LogP contribution in [0.5, 0.6) is 0 Å². The van der Waals surface area contributed by atoms with Gasteiger partial charge in [0.2, 0.25) is 0 Å². The van der Waals surface area contributed by atoms with Gasteiger partial charge >= 0.3 is 0 Å². The van der Waals surface area contributed by atoms with Gasteiger partial charge in [-0.15, -0.1) is 35.3 Å². The lowest BCUT2D eigenvalue weighted by molar-refractivity contribution is 0.792. The largest absolute Gasteiger partial charge is 0.356 e. The van der Waals surface area contributed by atoms with E-state index in [1.807, 2.05) is 30.5 Å². The van der Waals surface area contributed by atoms with Crippen LogP contribution in [0.4, 0.5) is 0 Å². The Kier molecular flexibility index (Phi) is 8.74. The molecule has 1 aromatic heterocycles. The van der Waals surface area contributed by atoms with Gasteiger partial charge in [-0.2, -0.15) is 0 Å². The van der Waals surface area contributed by atoms with Crippen LogP contribution in [0.1, 0.15) is 15.4 Å². The van der Waals surface area contributed by atoms with E-state index in [2.05, 4.69) is 27.5 Å². The number of aromatic nitrogens is 1. The summed E-state index contributed by atoms with van der Waals surface area (Å²) in [7, 11) is 1.77. The molecule has 2 rings (SSSR count). The molecule has 2 aromatic rings. The SMILES string of the molecule is CN=C(NCCc1ncc(C)s1)NCc1ccc(Cl)cc1.I. The third-order valence-electron chi connectivity index (χ3n) is 2.90. The molecule has 0 aliphatic heterocycles. The third-order valence-corrected chi connectivity index (χ3v) is 4.12. The van der Waals surface area contributed by atoms with Gasteiger partial charge in [-0.1, -0.05) is 23.7 Å². The highest BCUT2D eigenvalue weighted by atomic mass is 127. The second-order valence-electron chi connectivity index (χ2n) is 4.59. The van der Waals surface area contributed by atoms with E-state index < -0.39 is 0 Å². The summed E-state index contributed by atoms with van der Waals surface area (Å²) in [6.45, 7) is 3.60. The van der Waals surface area contributed by atoms with Crippen molar-refractivity contribution in [1.29, 1.82) is 0 Å². The van der Waals surface area contributed by atoms with Gasteiger partial charge < -0.3 is 10.6 Å². The van der Waals surface area contributed by atoms with Crippen LogP contribution in [0.15, 0.2) is 35.5 Å². The fourth-order valence-corrected chi connectivity index (χ4v) is 2.73. The molecule has 0 saturated heterocycles. The lowest BCUT2D eigenvalue weighted by atomic mass is 10.2. The molecule has 0 aliphatic carbocycles. The first kappa shape index (κ1) is 19.2. The Labute approximate surface area is 157 Å². The number of aliphatic imine (C=N–C) groups is 1. The van der Waals surface area contributed by atoms with Gasteiger partial charge in [0.1, 0.15) is 0 Å². The highest BCUT2D eigenvalue weighted by Gasteiger charge is 2.01. The number of halogens is 2. The summed E-state index contributed by atoms with van der Waals surface area (Å²) < 4.78 is 0. The molecule has 120 valence electrons. The molecule has 1 aromatic carbocycles. The van der Waals surface area contributed by atoms with Gasteiger partial charge in [-0.25, -0.2) is 4.98 Å². The monoisotopic (exact) mass is 450 g/mol. The van der Waals surface area contributed by atoms with Gasteiger partial charge in [-0.3, -0.25) is 4.99 Å². The molecule has 4 nitrogen and oxygen atoms in total. The van der Waals surface area contributed by atoms with E-state index in [1.165, 1.54) is 4.88 Å². The minimum atomic E-state index is 0. The smallest absolute Gasteiger partial charge is 0.191 e. The predicted octanol–water partition coefficient (Wildman–Crippen LogP) is 3.63. The number of rotatable bonds is 5. The number of aryl methyl sites for hydroxylation is 1. The van der Waals surface area contributed by atoms with Crippen molar-refractivity contribution in [1.82, 2.24) is 15.6 Å². The van der Waals surface area contributed by atoms with Gasteiger partial charge in [0.25, 0.3) is 0 Å². The maximum absolute atomic E-state index is 5.87. The molecule has 0 unspecified atom stereocenters. The van der Waals surface area contributed by atoms with Gasteiger partial charge in [0, 0.05) is 42.7 Å². The Hall–Kier alpha value is -0.860. The van der Waals surface area contributed by atoms with E-state index in [1.54, 1.807) is 18.4 Å². The van der Waals surface area contributed by atoms with E-state index in [-0.39, 0.29) is 24.0 Å². The molecule has 0 amide bonds. The van der Waals surface area contributed by atoms with Crippen LogP contribution in [0.25, 0.3) is 0 Å². The molecule has 0 atom stereocenters. The van der Waals surface area contributed by atoms with Crippen LogP contribution < -0.4 is 10.6 Å². The molecule has 0 spiro atoms. The second-order valence-corrected chi connectivity index (χ2v) is 6.35. The molecular weight excluding hydrogens is 431 g/mol. The predicted molar refractivity (Wildman–Crippen MR) is 106 cm³/mol.